The van der Waals surface area contributed by atoms with Crippen molar-refractivity contribution in [3.05, 3.63) is 64.1 Å². The van der Waals surface area contributed by atoms with Crippen LogP contribution in [0, 0.1) is 0 Å². The van der Waals surface area contributed by atoms with Crippen LogP contribution in [-0.4, -0.2) is 29.4 Å². The lowest BCUT2D eigenvalue weighted by Crippen LogP contribution is -2.15. The molecule has 30 heavy (non-hydrogen) atoms. The van der Waals surface area contributed by atoms with Gasteiger partial charge in [0, 0.05) is 45.3 Å². The van der Waals surface area contributed by atoms with Crippen molar-refractivity contribution in [2.75, 3.05) is 15.8 Å². The molecule has 7 nitrogen and oxygen atoms in total. The zero-order valence-electron chi connectivity index (χ0n) is 15.6. The number of hydrogen-bond donors (Lipinski definition) is 2. The summed E-state index contributed by atoms with van der Waals surface area (Å²) < 4.78 is 31.2. The SMILES string of the molecule is CC(=O)Nc1ccc(-c2nsc(NS(=O)(=O)CC=Cc3c(Cl)cccc3Cl)n2)cc1. The number of amides is 1. The zero-order chi connectivity index (χ0) is 21.7. The fourth-order valence-corrected chi connectivity index (χ4v) is 4.67. The Bertz CT molecular complexity index is 1170. The molecule has 0 aliphatic rings. The minimum absolute atomic E-state index is 0.153. The van der Waals surface area contributed by atoms with E-state index in [2.05, 4.69) is 19.4 Å². The molecule has 0 aliphatic carbocycles. The van der Waals surface area contributed by atoms with Gasteiger partial charge < -0.3 is 5.32 Å². The number of nitrogens with zero attached hydrogens (tertiary/aromatic N) is 2. The van der Waals surface area contributed by atoms with Crippen LogP contribution in [-0.2, 0) is 14.8 Å². The molecule has 0 atom stereocenters. The Morgan fingerprint density at radius 1 is 1.13 bits per heavy atom. The fraction of sp³-hybridized carbons (Fsp3) is 0.105. The monoisotopic (exact) mass is 482 g/mol. The van der Waals surface area contributed by atoms with E-state index in [-0.39, 0.29) is 16.8 Å². The highest BCUT2D eigenvalue weighted by atomic mass is 35.5. The summed E-state index contributed by atoms with van der Waals surface area (Å²) in [5.74, 6) is -0.0722. The van der Waals surface area contributed by atoms with Gasteiger partial charge in [0.05, 0.1) is 5.75 Å². The van der Waals surface area contributed by atoms with Crippen molar-refractivity contribution in [1.82, 2.24) is 9.36 Å². The summed E-state index contributed by atoms with van der Waals surface area (Å²) in [7, 11) is -3.68. The van der Waals surface area contributed by atoms with E-state index in [9.17, 15) is 13.2 Å². The Morgan fingerprint density at radius 2 is 1.80 bits per heavy atom. The van der Waals surface area contributed by atoms with Gasteiger partial charge in [0.1, 0.15) is 0 Å². The smallest absolute Gasteiger partial charge is 0.238 e. The minimum Gasteiger partial charge on any atom is -0.326 e. The van der Waals surface area contributed by atoms with Crippen molar-refractivity contribution in [2.45, 2.75) is 6.92 Å². The molecule has 1 heterocycles. The number of rotatable bonds is 7. The molecule has 2 aromatic carbocycles. The maximum Gasteiger partial charge on any atom is 0.238 e. The topological polar surface area (TPSA) is 101 Å². The molecule has 3 aromatic rings. The number of sulfonamides is 1. The fourth-order valence-electron chi connectivity index (χ4n) is 2.43. The second-order valence-electron chi connectivity index (χ2n) is 6.10. The first-order chi connectivity index (χ1) is 14.2. The van der Waals surface area contributed by atoms with Gasteiger partial charge >= 0.3 is 0 Å². The Hall–Kier alpha value is -2.46. The predicted octanol–water partition coefficient (Wildman–Crippen LogP) is 4.93. The van der Waals surface area contributed by atoms with Crippen LogP contribution in [0.25, 0.3) is 17.5 Å². The van der Waals surface area contributed by atoms with Crippen molar-refractivity contribution in [2.24, 2.45) is 0 Å². The Labute approximate surface area is 188 Å². The second-order valence-corrected chi connectivity index (χ2v) is 9.44. The number of carbonyl (C=O) groups is 1. The van der Waals surface area contributed by atoms with Crippen molar-refractivity contribution < 1.29 is 13.2 Å². The van der Waals surface area contributed by atoms with Gasteiger partial charge in [-0.15, -0.1) is 0 Å². The molecule has 2 N–H and O–H groups in total. The summed E-state index contributed by atoms with van der Waals surface area (Å²) in [4.78, 5) is 15.3. The number of anilines is 2. The van der Waals surface area contributed by atoms with E-state index in [1.54, 1.807) is 48.5 Å². The Morgan fingerprint density at radius 3 is 2.43 bits per heavy atom. The van der Waals surface area contributed by atoms with E-state index < -0.39 is 10.0 Å². The highest BCUT2D eigenvalue weighted by Crippen LogP contribution is 2.26. The van der Waals surface area contributed by atoms with E-state index in [0.29, 0.717) is 32.7 Å². The largest absolute Gasteiger partial charge is 0.326 e. The van der Waals surface area contributed by atoms with E-state index in [4.69, 9.17) is 23.2 Å². The second kappa shape index (κ2) is 9.57. The summed E-state index contributed by atoms with van der Waals surface area (Å²) in [6.07, 6.45) is 3.02. The first-order valence-corrected chi connectivity index (χ1v) is 11.7. The van der Waals surface area contributed by atoms with Gasteiger partial charge in [0.2, 0.25) is 21.1 Å². The maximum absolute atomic E-state index is 12.3. The highest BCUT2D eigenvalue weighted by Gasteiger charge is 2.14. The van der Waals surface area contributed by atoms with Gasteiger partial charge in [-0.1, -0.05) is 41.4 Å². The number of nitrogens with one attached hydrogen (secondary N) is 2. The standard InChI is InChI=1S/C19H16Cl2N4O3S2/c1-12(26)22-14-9-7-13(8-10-14)18-23-19(29-24-18)25-30(27,28)11-3-4-15-16(20)5-2-6-17(15)21/h2-10H,11H2,1H3,(H,22,26)(H,23,24,25). The molecule has 0 spiro atoms. The molecule has 3 rings (SSSR count). The van der Waals surface area contributed by atoms with Crippen molar-refractivity contribution in [3.63, 3.8) is 0 Å². The molecule has 0 saturated heterocycles. The maximum atomic E-state index is 12.3. The van der Waals surface area contributed by atoms with Crippen LogP contribution in [0.5, 0.6) is 0 Å². The third-order valence-electron chi connectivity index (χ3n) is 3.73. The summed E-state index contributed by atoms with van der Waals surface area (Å²) in [6, 6.07) is 12.0. The normalized spacial score (nSPS) is 11.6. The highest BCUT2D eigenvalue weighted by molar-refractivity contribution is 7.93. The van der Waals surface area contributed by atoms with Crippen LogP contribution < -0.4 is 10.0 Å². The van der Waals surface area contributed by atoms with E-state index in [1.165, 1.54) is 13.0 Å². The molecule has 11 heteroatoms. The third-order valence-corrected chi connectivity index (χ3v) is 6.29. The number of hydrogen-bond acceptors (Lipinski definition) is 6. The first-order valence-electron chi connectivity index (χ1n) is 8.56. The number of halogens is 2. The average molecular weight is 483 g/mol. The molecule has 0 aliphatic heterocycles. The van der Waals surface area contributed by atoms with Crippen molar-refractivity contribution in [1.29, 1.82) is 0 Å². The molecule has 1 amide bonds. The van der Waals surface area contributed by atoms with Gasteiger partial charge in [-0.3, -0.25) is 9.52 Å². The molecule has 0 bridgehead atoms. The Balaban J connectivity index is 1.66. The summed E-state index contributed by atoms with van der Waals surface area (Å²) in [5.41, 5.74) is 1.89. The van der Waals surface area contributed by atoms with Crippen LogP contribution in [0.3, 0.4) is 0 Å². The molecular formula is C19H16Cl2N4O3S2. The number of benzene rings is 2. The van der Waals surface area contributed by atoms with Gasteiger partial charge in [-0.2, -0.15) is 9.36 Å². The summed E-state index contributed by atoms with van der Waals surface area (Å²) in [6.45, 7) is 1.42. The predicted molar refractivity (Wildman–Crippen MR) is 123 cm³/mol. The quantitative estimate of drug-likeness (QED) is 0.497. The molecule has 0 unspecified atom stereocenters. The molecule has 156 valence electrons. The lowest BCUT2D eigenvalue weighted by Gasteiger charge is -2.03. The average Bonchev–Trinajstić information content (AvgIpc) is 3.12. The van der Waals surface area contributed by atoms with Crippen LogP contribution in [0.15, 0.2) is 48.5 Å². The summed E-state index contributed by atoms with van der Waals surface area (Å²) >= 11 is 13.1. The Kier molecular flexibility index (Phi) is 7.09. The first kappa shape index (κ1) is 22.2. The lowest BCUT2D eigenvalue weighted by atomic mass is 10.2. The van der Waals surface area contributed by atoms with Crippen LogP contribution in [0.4, 0.5) is 10.8 Å². The van der Waals surface area contributed by atoms with Gasteiger partial charge in [-0.25, -0.2) is 8.42 Å². The minimum atomic E-state index is -3.68. The molecule has 0 fully saturated rings. The van der Waals surface area contributed by atoms with Crippen LogP contribution >= 0.6 is 34.7 Å². The van der Waals surface area contributed by atoms with E-state index >= 15 is 0 Å². The molecule has 1 aromatic heterocycles. The van der Waals surface area contributed by atoms with Crippen molar-refractivity contribution >= 4 is 67.6 Å². The molecular weight excluding hydrogens is 467 g/mol. The van der Waals surface area contributed by atoms with Crippen LogP contribution in [0.1, 0.15) is 12.5 Å². The molecule has 0 radical (unpaired) electrons. The summed E-state index contributed by atoms with van der Waals surface area (Å²) in [5, 5.41) is 3.68. The molecule has 0 saturated carbocycles. The van der Waals surface area contributed by atoms with Gasteiger partial charge in [0.25, 0.3) is 0 Å². The van der Waals surface area contributed by atoms with Gasteiger partial charge in [-0.05, 0) is 36.4 Å². The number of carbonyl (C=O) groups excluding carboxylic acids is 1. The van der Waals surface area contributed by atoms with Crippen molar-refractivity contribution in [3.8, 4) is 11.4 Å². The van der Waals surface area contributed by atoms with Crippen LogP contribution in [0.2, 0.25) is 10.0 Å². The number of aromatic nitrogens is 2. The van der Waals surface area contributed by atoms with Gasteiger partial charge in [0.15, 0.2) is 5.82 Å². The lowest BCUT2D eigenvalue weighted by molar-refractivity contribution is -0.114. The third kappa shape index (κ3) is 6.02. The van der Waals surface area contributed by atoms with E-state index in [1.807, 2.05) is 0 Å². The van der Waals surface area contributed by atoms with E-state index in [0.717, 1.165) is 11.5 Å². The zero-order valence-corrected chi connectivity index (χ0v) is 18.7.